The monoisotopic (exact) mass is 283 g/mol. The second kappa shape index (κ2) is 11.5. The first-order valence-corrected chi connectivity index (χ1v) is 7.35. The number of nitrogens with two attached hydrogens (primary N) is 1. The molecule has 0 spiro atoms. The van der Waals surface area contributed by atoms with E-state index >= 15 is 0 Å². The van der Waals surface area contributed by atoms with Crippen molar-refractivity contribution in [2.75, 3.05) is 0 Å². The number of carbonyl (C=O) groups is 1. The fourth-order valence-corrected chi connectivity index (χ4v) is 2.03. The minimum absolute atomic E-state index is 0.113. The highest BCUT2D eigenvalue weighted by Gasteiger charge is 2.11. The molecule has 0 unspecified atom stereocenters. The maximum Gasteiger partial charge on any atom is 0.250 e. The van der Waals surface area contributed by atoms with Gasteiger partial charge in [-0.1, -0.05) is 33.8 Å². The molecule has 1 aromatic rings. The second-order valence-corrected chi connectivity index (χ2v) is 4.14. The molecular weight excluding hydrogens is 258 g/mol. The highest BCUT2D eigenvalue weighted by atomic mass is 32.1. The predicted octanol–water partition coefficient (Wildman–Crippen LogP) is 4.68. The molecule has 0 aromatic carbocycles. The van der Waals surface area contributed by atoms with Crippen molar-refractivity contribution in [3.63, 3.8) is 0 Å². The molecule has 4 heteroatoms. The summed E-state index contributed by atoms with van der Waals surface area (Å²) in [6.07, 6.45) is 4.82. The van der Waals surface area contributed by atoms with Crippen molar-refractivity contribution in [1.29, 1.82) is 0 Å². The molecule has 0 aliphatic rings. The molecular formula is C15H25NO2S. The van der Waals surface area contributed by atoms with Gasteiger partial charge in [0.15, 0.2) is 0 Å². The van der Waals surface area contributed by atoms with Gasteiger partial charge in [0.2, 0.25) is 5.91 Å². The molecule has 1 rings (SSSR count). The van der Waals surface area contributed by atoms with Crippen molar-refractivity contribution in [2.45, 2.75) is 41.5 Å². The Hall–Kier alpha value is -1.55. The summed E-state index contributed by atoms with van der Waals surface area (Å²) in [6.45, 7) is 11.7. The SMILES string of the molecule is C/C=C\C(O)=C/c1c(C(N)=O)csc1C.CC.CC. The van der Waals surface area contributed by atoms with Crippen molar-refractivity contribution in [3.8, 4) is 0 Å². The van der Waals surface area contributed by atoms with E-state index in [0.29, 0.717) is 11.1 Å². The number of aliphatic hydroxyl groups is 1. The molecule has 0 atom stereocenters. The van der Waals surface area contributed by atoms with Crippen LogP contribution < -0.4 is 5.73 Å². The van der Waals surface area contributed by atoms with Gasteiger partial charge >= 0.3 is 0 Å². The minimum atomic E-state index is -0.473. The standard InChI is InChI=1S/C11H13NO2S.2C2H6/c1-3-4-8(13)5-9-7(2)15-6-10(9)11(12)14;2*1-2/h3-6,13H,1-2H3,(H2,12,14);2*1-2H3/b4-3-,8-5+;;. The fraction of sp³-hybridized carbons (Fsp3) is 0.400. The van der Waals surface area contributed by atoms with Gasteiger partial charge in [-0.05, 0) is 26.0 Å². The molecule has 1 amide bonds. The van der Waals surface area contributed by atoms with Crippen LogP contribution in [-0.2, 0) is 0 Å². The Labute approximate surface area is 120 Å². The van der Waals surface area contributed by atoms with Crippen molar-refractivity contribution in [3.05, 3.63) is 39.3 Å². The molecule has 0 bridgehead atoms. The van der Waals surface area contributed by atoms with Gasteiger partial charge in [-0.2, -0.15) is 0 Å². The van der Waals surface area contributed by atoms with E-state index in [2.05, 4.69) is 0 Å². The normalized spacial score (nSPS) is 10.3. The molecule has 1 aromatic heterocycles. The zero-order valence-corrected chi connectivity index (χ0v) is 13.5. The molecule has 1 heterocycles. The summed E-state index contributed by atoms with van der Waals surface area (Å²) in [6, 6.07) is 0. The number of hydrogen-bond donors (Lipinski definition) is 2. The number of aryl methyl sites for hydroxylation is 1. The number of amides is 1. The van der Waals surface area contributed by atoms with E-state index in [0.717, 1.165) is 4.88 Å². The van der Waals surface area contributed by atoms with Crippen molar-refractivity contribution in [1.82, 2.24) is 0 Å². The summed E-state index contributed by atoms with van der Waals surface area (Å²) in [7, 11) is 0. The lowest BCUT2D eigenvalue weighted by atomic mass is 10.1. The Bertz CT molecular complexity index is 431. The van der Waals surface area contributed by atoms with E-state index in [1.807, 2.05) is 34.6 Å². The zero-order valence-electron chi connectivity index (χ0n) is 12.7. The van der Waals surface area contributed by atoms with Crippen LogP contribution in [0.1, 0.15) is 55.4 Å². The number of rotatable bonds is 3. The molecule has 3 nitrogen and oxygen atoms in total. The quantitative estimate of drug-likeness (QED) is 0.624. The minimum Gasteiger partial charge on any atom is -0.508 e. The Morgan fingerprint density at radius 2 is 1.84 bits per heavy atom. The first kappa shape index (κ1) is 19.8. The van der Waals surface area contributed by atoms with Gasteiger partial charge in [0.1, 0.15) is 5.76 Å². The molecule has 108 valence electrons. The third-order valence-corrected chi connectivity index (χ3v) is 2.85. The summed E-state index contributed by atoms with van der Waals surface area (Å²) in [5, 5.41) is 11.2. The molecule has 19 heavy (non-hydrogen) atoms. The van der Waals surface area contributed by atoms with Crippen LogP contribution >= 0.6 is 11.3 Å². The van der Waals surface area contributed by atoms with E-state index < -0.39 is 5.91 Å². The molecule has 3 N–H and O–H groups in total. The van der Waals surface area contributed by atoms with E-state index in [-0.39, 0.29) is 5.76 Å². The van der Waals surface area contributed by atoms with Crippen molar-refractivity contribution < 1.29 is 9.90 Å². The maximum absolute atomic E-state index is 11.1. The lowest BCUT2D eigenvalue weighted by molar-refractivity contribution is 0.100. The Morgan fingerprint density at radius 1 is 1.32 bits per heavy atom. The number of primary amides is 1. The smallest absolute Gasteiger partial charge is 0.250 e. The lowest BCUT2D eigenvalue weighted by Gasteiger charge is -1.97. The van der Waals surface area contributed by atoms with Crippen LogP contribution in [0.2, 0.25) is 0 Å². The number of thiophene rings is 1. The van der Waals surface area contributed by atoms with Crippen molar-refractivity contribution in [2.24, 2.45) is 5.73 Å². The maximum atomic E-state index is 11.1. The van der Waals surface area contributed by atoms with Gasteiger partial charge in [-0.15, -0.1) is 11.3 Å². The average Bonchev–Trinajstić information content (AvgIpc) is 2.76. The van der Waals surface area contributed by atoms with Crippen molar-refractivity contribution >= 4 is 23.3 Å². The Balaban J connectivity index is 0. The molecule has 0 fully saturated rings. The topological polar surface area (TPSA) is 63.3 Å². The lowest BCUT2D eigenvalue weighted by Crippen LogP contribution is -2.11. The number of aliphatic hydroxyl groups excluding tert-OH is 1. The highest BCUT2D eigenvalue weighted by Crippen LogP contribution is 2.23. The van der Waals surface area contributed by atoms with Crippen LogP contribution in [0.3, 0.4) is 0 Å². The number of hydrogen-bond acceptors (Lipinski definition) is 3. The van der Waals surface area contributed by atoms with Crippen LogP contribution in [0.25, 0.3) is 6.08 Å². The third kappa shape index (κ3) is 6.82. The Kier molecular flexibility index (Phi) is 12.0. The van der Waals surface area contributed by atoms with Gasteiger partial charge in [0.05, 0.1) is 5.56 Å². The zero-order chi connectivity index (χ0) is 15.4. The summed E-state index contributed by atoms with van der Waals surface area (Å²) < 4.78 is 0. The molecule has 0 radical (unpaired) electrons. The molecule has 0 saturated heterocycles. The largest absolute Gasteiger partial charge is 0.508 e. The van der Waals surface area contributed by atoms with E-state index in [4.69, 9.17) is 5.73 Å². The van der Waals surface area contributed by atoms with Crippen LogP contribution in [0, 0.1) is 6.92 Å². The van der Waals surface area contributed by atoms with Crippen LogP contribution in [0.15, 0.2) is 23.3 Å². The van der Waals surface area contributed by atoms with Gasteiger partial charge in [0.25, 0.3) is 0 Å². The van der Waals surface area contributed by atoms with Crippen LogP contribution in [0.5, 0.6) is 0 Å². The van der Waals surface area contributed by atoms with E-state index in [1.165, 1.54) is 11.3 Å². The van der Waals surface area contributed by atoms with Gasteiger partial charge in [-0.3, -0.25) is 4.79 Å². The summed E-state index contributed by atoms with van der Waals surface area (Å²) in [5.41, 5.74) is 6.37. The van der Waals surface area contributed by atoms with Crippen LogP contribution in [0.4, 0.5) is 0 Å². The number of allylic oxidation sites excluding steroid dienone is 2. The van der Waals surface area contributed by atoms with Crippen LogP contribution in [-0.4, -0.2) is 11.0 Å². The first-order valence-electron chi connectivity index (χ1n) is 6.47. The third-order valence-electron chi connectivity index (χ3n) is 1.92. The second-order valence-electron chi connectivity index (χ2n) is 3.05. The average molecular weight is 283 g/mol. The fourth-order valence-electron chi connectivity index (χ4n) is 1.20. The van der Waals surface area contributed by atoms with E-state index in [9.17, 15) is 9.90 Å². The van der Waals surface area contributed by atoms with Gasteiger partial charge in [-0.25, -0.2) is 0 Å². The van der Waals surface area contributed by atoms with E-state index in [1.54, 1.807) is 30.5 Å². The summed E-state index contributed by atoms with van der Waals surface area (Å²) in [4.78, 5) is 12.0. The first-order chi connectivity index (χ1) is 9.06. The molecule has 0 aliphatic heterocycles. The predicted molar refractivity (Wildman–Crippen MR) is 85.7 cm³/mol. The molecule has 0 aliphatic carbocycles. The Morgan fingerprint density at radius 3 is 2.26 bits per heavy atom. The van der Waals surface area contributed by atoms with Gasteiger partial charge < -0.3 is 10.8 Å². The summed E-state index contributed by atoms with van der Waals surface area (Å²) >= 11 is 1.44. The number of carbonyl (C=O) groups excluding carboxylic acids is 1. The van der Waals surface area contributed by atoms with Gasteiger partial charge in [0, 0.05) is 15.8 Å². The highest BCUT2D eigenvalue weighted by molar-refractivity contribution is 7.10. The summed E-state index contributed by atoms with van der Waals surface area (Å²) in [5.74, 6) is -0.361. The molecule has 0 saturated carbocycles.